The van der Waals surface area contributed by atoms with Gasteiger partial charge in [0.25, 0.3) is 0 Å². The molecule has 2 atom stereocenters. The predicted molar refractivity (Wildman–Crippen MR) is 75.1 cm³/mol. The molecule has 1 N–H and O–H groups in total. The first-order valence-corrected chi connectivity index (χ1v) is 7.21. The second-order valence-electron chi connectivity index (χ2n) is 5.81. The third kappa shape index (κ3) is 2.20. The Kier molecular flexibility index (Phi) is 3.17. The molecule has 19 heavy (non-hydrogen) atoms. The van der Waals surface area contributed by atoms with E-state index in [9.17, 15) is 9.90 Å². The van der Waals surface area contributed by atoms with E-state index in [4.69, 9.17) is 0 Å². The van der Waals surface area contributed by atoms with Crippen LogP contribution < -0.4 is 0 Å². The van der Waals surface area contributed by atoms with E-state index >= 15 is 0 Å². The third-order valence-electron chi connectivity index (χ3n) is 4.75. The molecule has 1 aromatic rings. The minimum atomic E-state index is 0.319. The molecule has 1 aromatic carbocycles. The molecule has 0 saturated carbocycles. The molecular formula is C17H20O2. The first kappa shape index (κ1) is 12.5. The number of carbonyl (C=O) groups excluding carboxylic acids is 1. The van der Waals surface area contributed by atoms with Crippen molar-refractivity contribution in [2.75, 3.05) is 0 Å². The molecule has 2 nitrogen and oxygen atoms in total. The highest BCUT2D eigenvalue weighted by Gasteiger charge is 2.33. The second kappa shape index (κ2) is 4.84. The molecule has 0 bridgehead atoms. The number of rotatable bonds is 1. The Balaban J connectivity index is 1.91. The molecular weight excluding hydrogens is 236 g/mol. The molecule has 0 spiro atoms. The summed E-state index contributed by atoms with van der Waals surface area (Å²) >= 11 is 0. The van der Waals surface area contributed by atoms with Crippen LogP contribution in [0.25, 0.3) is 0 Å². The van der Waals surface area contributed by atoms with E-state index in [2.05, 4.69) is 6.92 Å². The van der Waals surface area contributed by atoms with Crippen LogP contribution in [0.5, 0.6) is 5.75 Å². The molecule has 0 amide bonds. The zero-order chi connectivity index (χ0) is 13.4. The Morgan fingerprint density at radius 1 is 1.11 bits per heavy atom. The van der Waals surface area contributed by atoms with Gasteiger partial charge >= 0.3 is 0 Å². The fourth-order valence-corrected chi connectivity index (χ4v) is 3.69. The fraction of sp³-hybridized carbons (Fsp3) is 0.471. The lowest BCUT2D eigenvalue weighted by molar-refractivity contribution is -0.116. The van der Waals surface area contributed by atoms with Crippen LogP contribution in [0.3, 0.4) is 0 Å². The Labute approximate surface area is 114 Å². The average molecular weight is 256 g/mol. The van der Waals surface area contributed by atoms with E-state index in [1.54, 1.807) is 12.1 Å². The normalized spacial score (nSPS) is 27.3. The number of hydrogen-bond acceptors (Lipinski definition) is 2. The van der Waals surface area contributed by atoms with Crippen molar-refractivity contribution in [1.29, 1.82) is 0 Å². The van der Waals surface area contributed by atoms with E-state index < -0.39 is 0 Å². The number of ketones is 1. The summed E-state index contributed by atoms with van der Waals surface area (Å²) in [5, 5.41) is 9.39. The molecule has 2 aliphatic carbocycles. The Hall–Kier alpha value is -1.57. The highest BCUT2D eigenvalue weighted by Crippen LogP contribution is 2.45. The van der Waals surface area contributed by atoms with Gasteiger partial charge in [0.15, 0.2) is 5.78 Å². The SMILES string of the molecule is CC1C2=C(CCC1c1ccc(O)cc1)C(=O)CCC2. The Morgan fingerprint density at radius 3 is 2.58 bits per heavy atom. The standard InChI is InChI=1S/C17H20O2/c1-11-14(12-5-7-13(18)8-6-12)9-10-16-15(11)3-2-4-17(16)19/h5-8,11,14,18H,2-4,9-10H2,1H3. The summed E-state index contributed by atoms with van der Waals surface area (Å²) in [5.41, 5.74) is 3.82. The van der Waals surface area contributed by atoms with E-state index in [1.165, 1.54) is 11.1 Å². The fourth-order valence-electron chi connectivity index (χ4n) is 3.69. The van der Waals surface area contributed by atoms with Gasteiger partial charge in [0.05, 0.1) is 0 Å². The minimum Gasteiger partial charge on any atom is -0.508 e. The van der Waals surface area contributed by atoms with Crippen molar-refractivity contribution in [2.45, 2.75) is 44.9 Å². The molecule has 2 unspecified atom stereocenters. The van der Waals surface area contributed by atoms with Crippen molar-refractivity contribution in [3.8, 4) is 5.75 Å². The Morgan fingerprint density at radius 2 is 1.84 bits per heavy atom. The summed E-state index contributed by atoms with van der Waals surface area (Å²) in [6.07, 6.45) is 4.84. The molecule has 0 saturated heterocycles. The van der Waals surface area contributed by atoms with E-state index in [-0.39, 0.29) is 0 Å². The van der Waals surface area contributed by atoms with Gasteiger partial charge in [-0.05, 0) is 60.8 Å². The maximum absolute atomic E-state index is 12.0. The average Bonchev–Trinajstić information content (AvgIpc) is 2.42. The summed E-state index contributed by atoms with van der Waals surface area (Å²) < 4.78 is 0. The molecule has 2 aliphatic rings. The smallest absolute Gasteiger partial charge is 0.158 e. The van der Waals surface area contributed by atoms with Crippen LogP contribution in [0.2, 0.25) is 0 Å². The van der Waals surface area contributed by atoms with Gasteiger partial charge in [-0.2, -0.15) is 0 Å². The van der Waals surface area contributed by atoms with Gasteiger partial charge in [0, 0.05) is 6.42 Å². The summed E-state index contributed by atoms with van der Waals surface area (Å²) in [7, 11) is 0. The molecule has 0 aliphatic heterocycles. The van der Waals surface area contributed by atoms with Crippen LogP contribution in [0, 0.1) is 5.92 Å². The summed E-state index contributed by atoms with van der Waals surface area (Å²) in [4.78, 5) is 12.0. The van der Waals surface area contributed by atoms with Gasteiger partial charge in [0.1, 0.15) is 5.75 Å². The predicted octanol–water partition coefficient (Wildman–Crippen LogP) is 3.96. The number of Topliss-reactive ketones (excluding diaryl/α,β-unsaturated/α-hetero) is 1. The molecule has 100 valence electrons. The van der Waals surface area contributed by atoms with Gasteiger partial charge in [-0.3, -0.25) is 4.79 Å². The largest absolute Gasteiger partial charge is 0.508 e. The van der Waals surface area contributed by atoms with Crippen LogP contribution in [-0.4, -0.2) is 10.9 Å². The van der Waals surface area contributed by atoms with Gasteiger partial charge in [0.2, 0.25) is 0 Å². The molecule has 2 heteroatoms. The second-order valence-corrected chi connectivity index (χ2v) is 5.81. The summed E-state index contributed by atoms with van der Waals surface area (Å²) in [5.74, 6) is 1.65. The minimum absolute atomic E-state index is 0.319. The van der Waals surface area contributed by atoms with Crippen molar-refractivity contribution in [3.05, 3.63) is 41.0 Å². The van der Waals surface area contributed by atoms with Crippen LogP contribution >= 0.6 is 0 Å². The number of phenolic OH excluding ortho intramolecular Hbond substituents is 1. The number of allylic oxidation sites excluding steroid dienone is 2. The first-order valence-electron chi connectivity index (χ1n) is 7.21. The molecule has 0 heterocycles. The molecule has 0 radical (unpaired) electrons. The lowest BCUT2D eigenvalue weighted by Gasteiger charge is -2.35. The van der Waals surface area contributed by atoms with E-state index in [1.807, 2.05) is 12.1 Å². The van der Waals surface area contributed by atoms with Crippen molar-refractivity contribution in [3.63, 3.8) is 0 Å². The highest BCUT2D eigenvalue weighted by atomic mass is 16.3. The number of hydrogen-bond donors (Lipinski definition) is 1. The van der Waals surface area contributed by atoms with E-state index in [0.717, 1.165) is 37.7 Å². The van der Waals surface area contributed by atoms with Crippen molar-refractivity contribution >= 4 is 5.78 Å². The maximum Gasteiger partial charge on any atom is 0.158 e. The van der Waals surface area contributed by atoms with Crippen molar-refractivity contribution in [1.82, 2.24) is 0 Å². The first-order chi connectivity index (χ1) is 9.16. The molecule has 0 aromatic heterocycles. The zero-order valence-corrected chi connectivity index (χ0v) is 11.4. The van der Waals surface area contributed by atoms with Gasteiger partial charge in [-0.1, -0.05) is 24.6 Å². The van der Waals surface area contributed by atoms with Crippen molar-refractivity contribution < 1.29 is 9.90 Å². The number of phenols is 1. The lowest BCUT2D eigenvalue weighted by Crippen LogP contribution is -2.25. The van der Waals surface area contributed by atoms with Crippen LogP contribution in [0.15, 0.2) is 35.4 Å². The summed E-state index contributed by atoms with van der Waals surface area (Å²) in [6.45, 7) is 2.25. The third-order valence-corrected chi connectivity index (χ3v) is 4.75. The van der Waals surface area contributed by atoms with Crippen LogP contribution in [0.1, 0.15) is 50.5 Å². The number of aromatic hydroxyl groups is 1. The monoisotopic (exact) mass is 256 g/mol. The topological polar surface area (TPSA) is 37.3 Å². The van der Waals surface area contributed by atoms with Gasteiger partial charge < -0.3 is 5.11 Å². The van der Waals surface area contributed by atoms with Crippen LogP contribution in [-0.2, 0) is 4.79 Å². The van der Waals surface area contributed by atoms with Gasteiger partial charge in [-0.15, -0.1) is 0 Å². The highest BCUT2D eigenvalue weighted by molar-refractivity contribution is 5.97. The molecule has 0 fully saturated rings. The lowest BCUT2D eigenvalue weighted by atomic mass is 9.69. The quantitative estimate of drug-likeness (QED) is 0.826. The van der Waals surface area contributed by atoms with E-state index in [0.29, 0.717) is 23.4 Å². The van der Waals surface area contributed by atoms with Crippen LogP contribution in [0.4, 0.5) is 0 Å². The summed E-state index contributed by atoms with van der Waals surface area (Å²) in [6, 6.07) is 7.56. The van der Waals surface area contributed by atoms with Crippen molar-refractivity contribution in [2.24, 2.45) is 5.92 Å². The maximum atomic E-state index is 12.0. The van der Waals surface area contributed by atoms with Gasteiger partial charge in [-0.25, -0.2) is 0 Å². The number of carbonyl (C=O) groups is 1. The molecule has 3 rings (SSSR count). The number of benzene rings is 1. The zero-order valence-electron chi connectivity index (χ0n) is 11.4. The Bertz CT molecular complexity index is 525.